The summed E-state index contributed by atoms with van der Waals surface area (Å²) < 4.78 is 5.43. The molecule has 1 aliphatic heterocycles. The predicted molar refractivity (Wildman–Crippen MR) is 88.3 cm³/mol. The molecule has 2 heterocycles. The molecule has 1 fully saturated rings. The van der Waals surface area contributed by atoms with Gasteiger partial charge in [-0.2, -0.15) is 0 Å². The number of aromatic amines is 1. The Morgan fingerprint density at radius 3 is 2.55 bits per heavy atom. The normalized spacial score (nSPS) is 16.1. The highest BCUT2D eigenvalue weighted by Crippen LogP contribution is 2.22. The largest absolute Gasteiger partial charge is 0.444 e. The molecule has 1 aliphatic rings. The van der Waals surface area contributed by atoms with Gasteiger partial charge in [0.25, 0.3) is 0 Å². The Hall–Kier alpha value is -2.17. The van der Waals surface area contributed by atoms with Crippen LogP contribution >= 0.6 is 0 Å². The number of nitrogens with one attached hydrogen (secondary N) is 1. The van der Waals surface area contributed by atoms with Gasteiger partial charge >= 0.3 is 6.09 Å². The van der Waals surface area contributed by atoms with Gasteiger partial charge in [0.2, 0.25) is 0 Å². The maximum atomic E-state index is 12.1. The molecule has 1 N–H and O–H groups in total. The molecule has 0 aliphatic carbocycles. The van der Waals surface area contributed by atoms with Crippen LogP contribution in [0.1, 0.15) is 20.8 Å². The van der Waals surface area contributed by atoms with E-state index in [1.807, 2.05) is 27.0 Å². The van der Waals surface area contributed by atoms with Crippen molar-refractivity contribution in [1.29, 1.82) is 0 Å². The number of hydrogen-bond donors (Lipinski definition) is 1. The summed E-state index contributed by atoms with van der Waals surface area (Å²) >= 11 is 0. The summed E-state index contributed by atoms with van der Waals surface area (Å²) in [7, 11) is 0. The van der Waals surface area contributed by atoms with Crippen molar-refractivity contribution in [2.75, 3.05) is 31.1 Å². The molecule has 22 heavy (non-hydrogen) atoms. The number of hydrogen-bond acceptors (Lipinski definition) is 3. The van der Waals surface area contributed by atoms with Crippen LogP contribution in [0.2, 0.25) is 0 Å². The lowest BCUT2D eigenvalue weighted by molar-refractivity contribution is 0.0240. The summed E-state index contributed by atoms with van der Waals surface area (Å²) in [5.41, 5.74) is 1.90. The van der Waals surface area contributed by atoms with Gasteiger partial charge in [-0.1, -0.05) is 6.07 Å². The number of aromatic nitrogens is 1. The minimum atomic E-state index is -0.438. The minimum Gasteiger partial charge on any atom is -0.444 e. The highest BCUT2D eigenvalue weighted by molar-refractivity contribution is 5.83. The van der Waals surface area contributed by atoms with Gasteiger partial charge in [-0.05, 0) is 44.4 Å². The molecule has 1 amide bonds. The maximum Gasteiger partial charge on any atom is 0.410 e. The Kier molecular flexibility index (Phi) is 3.72. The van der Waals surface area contributed by atoms with Crippen LogP contribution in [0, 0.1) is 0 Å². The summed E-state index contributed by atoms with van der Waals surface area (Å²) in [6.07, 6.45) is 1.74. The monoisotopic (exact) mass is 301 g/mol. The zero-order valence-corrected chi connectivity index (χ0v) is 13.4. The van der Waals surface area contributed by atoms with Crippen LogP contribution in [0.25, 0.3) is 10.9 Å². The summed E-state index contributed by atoms with van der Waals surface area (Å²) in [5, 5.41) is 1.22. The van der Waals surface area contributed by atoms with E-state index >= 15 is 0 Å². The zero-order chi connectivity index (χ0) is 15.7. The quantitative estimate of drug-likeness (QED) is 0.880. The number of fused-ring (bicyclic) bond motifs is 1. The number of ether oxygens (including phenoxy) is 1. The van der Waals surface area contributed by atoms with Gasteiger partial charge in [-0.15, -0.1) is 0 Å². The lowest BCUT2D eigenvalue weighted by atomic mass is 10.2. The average molecular weight is 301 g/mol. The standard InChI is InChI=1S/C17H23N3O2/c1-17(2,3)22-16(21)20-10-8-19(9-11-20)14-5-4-13-6-7-18-15(13)12-14/h4-7,12,18H,8-11H2,1-3H3. The second kappa shape index (κ2) is 5.55. The molecule has 0 bridgehead atoms. The van der Waals surface area contributed by atoms with Gasteiger partial charge in [-0.25, -0.2) is 4.79 Å². The van der Waals surface area contributed by atoms with Gasteiger partial charge in [0.15, 0.2) is 0 Å². The van der Waals surface area contributed by atoms with E-state index in [1.165, 1.54) is 11.1 Å². The molecule has 0 atom stereocenters. The molecule has 1 saturated heterocycles. The highest BCUT2D eigenvalue weighted by Gasteiger charge is 2.25. The number of rotatable bonds is 1. The Morgan fingerprint density at radius 2 is 1.86 bits per heavy atom. The summed E-state index contributed by atoms with van der Waals surface area (Å²) in [6.45, 7) is 8.72. The lowest BCUT2D eigenvalue weighted by Crippen LogP contribution is -2.50. The molecule has 5 heteroatoms. The first-order chi connectivity index (χ1) is 10.4. The van der Waals surface area contributed by atoms with Gasteiger partial charge in [-0.3, -0.25) is 0 Å². The fourth-order valence-electron chi connectivity index (χ4n) is 2.71. The van der Waals surface area contributed by atoms with Crippen molar-refractivity contribution in [3.63, 3.8) is 0 Å². The van der Waals surface area contributed by atoms with E-state index in [0.717, 1.165) is 18.6 Å². The van der Waals surface area contributed by atoms with Crippen LogP contribution in [-0.4, -0.2) is 47.8 Å². The Balaban J connectivity index is 1.62. The Labute approximate surface area is 130 Å². The van der Waals surface area contributed by atoms with Gasteiger partial charge in [0, 0.05) is 43.6 Å². The first kappa shape index (κ1) is 14.8. The molecule has 2 aromatic rings. The number of anilines is 1. The summed E-state index contributed by atoms with van der Waals surface area (Å²) in [4.78, 5) is 19.4. The maximum absolute atomic E-state index is 12.1. The van der Waals surface area contributed by atoms with Crippen molar-refractivity contribution in [3.8, 4) is 0 Å². The van der Waals surface area contributed by atoms with Crippen molar-refractivity contribution in [2.45, 2.75) is 26.4 Å². The molecule has 3 rings (SSSR count). The van der Waals surface area contributed by atoms with Crippen LogP contribution in [0.3, 0.4) is 0 Å². The highest BCUT2D eigenvalue weighted by atomic mass is 16.6. The second-order valence-corrected chi connectivity index (χ2v) is 6.70. The zero-order valence-electron chi connectivity index (χ0n) is 13.4. The van der Waals surface area contributed by atoms with Crippen LogP contribution in [0.4, 0.5) is 10.5 Å². The van der Waals surface area contributed by atoms with E-state index in [-0.39, 0.29) is 6.09 Å². The second-order valence-electron chi connectivity index (χ2n) is 6.70. The van der Waals surface area contributed by atoms with Crippen LogP contribution in [0.5, 0.6) is 0 Å². The van der Waals surface area contributed by atoms with E-state index in [4.69, 9.17) is 4.74 Å². The molecule has 1 aromatic carbocycles. The molecular formula is C17H23N3O2. The third kappa shape index (κ3) is 3.18. The lowest BCUT2D eigenvalue weighted by Gasteiger charge is -2.36. The fraction of sp³-hybridized carbons (Fsp3) is 0.471. The molecule has 0 radical (unpaired) electrons. The van der Waals surface area contributed by atoms with Crippen LogP contribution in [-0.2, 0) is 4.74 Å². The van der Waals surface area contributed by atoms with Crippen LogP contribution < -0.4 is 4.90 Å². The molecule has 0 saturated carbocycles. The van der Waals surface area contributed by atoms with E-state index in [9.17, 15) is 4.79 Å². The summed E-state index contributed by atoms with van der Waals surface area (Å²) in [6, 6.07) is 8.50. The van der Waals surface area contributed by atoms with Crippen molar-refractivity contribution < 1.29 is 9.53 Å². The molecular weight excluding hydrogens is 278 g/mol. The smallest absolute Gasteiger partial charge is 0.410 e. The molecule has 1 aromatic heterocycles. The van der Waals surface area contributed by atoms with E-state index < -0.39 is 5.60 Å². The SMILES string of the molecule is CC(C)(C)OC(=O)N1CCN(c2ccc3cc[nH]c3c2)CC1. The minimum absolute atomic E-state index is 0.216. The van der Waals surface area contributed by atoms with Crippen molar-refractivity contribution in [3.05, 3.63) is 30.5 Å². The van der Waals surface area contributed by atoms with Gasteiger partial charge in [0.1, 0.15) is 5.60 Å². The number of carbonyl (C=O) groups is 1. The number of carbonyl (C=O) groups excluding carboxylic acids is 1. The third-order valence-electron chi connectivity index (χ3n) is 3.84. The number of H-pyrrole nitrogens is 1. The molecule has 118 valence electrons. The molecule has 5 nitrogen and oxygen atoms in total. The number of nitrogens with zero attached hydrogens (tertiary/aromatic N) is 2. The van der Waals surface area contributed by atoms with Crippen molar-refractivity contribution in [1.82, 2.24) is 9.88 Å². The van der Waals surface area contributed by atoms with Gasteiger partial charge < -0.3 is 19.5 Å². The average Bonchev–Trinajstić information content (AvgIpc) is 2.93. The predicted octanol–water partition coefficient (Wildman–Crippen LogP) is 3.23. The Morgan fingerprint density at radius 1 is 1.14 bits per heavy atom. The van der Waals surface area contributed by atoms with Crippen LogP contribution in [0.15, 0.2) is 30.5 Å². The van der Waals surface area contributed by atoms with Crippen molar-refractivity contribution >= 4 is 22.7 Å². The van der Waals surface area contributed by atoms with Crippen molar-refractivity contribution in [2.24, 2.45) is 0 Å². The first-order valence-electron chi connectivity index (χ1n) is 7.72. The van der Waals surface area contributed by atoms with E-state index in [1.54, 1.807) is 4.90 Å². The summed E-state index contributed by atoms with van der Waals surface area (Å²) in [5.74, 6) is 0. The van der Waals surface area contributed by atoms with Gasteiger partial charge in [0.05, 0.1) is 0 Å². The molecule has 0 spiro atoms. The number of benzene rings is 1. The van der Waals surface area contributed by atoms with E-state index in [2.05, 4.69) is 34.1 Å². The van der Waals surface area contributed by atoms with E-state index in [0.29, 0.717) is 13.1 Å². The number of amides is 1. The molecule has 0 unspecified atom stereocenters. The fourth-order valence-corrected chi connectivity index (χ4v) is 2.71. The first-order valence-corrected chi connectivity index (χ1v) is 7.72. The third-order valence-corrected chi connectivity index (χ3v) is 3.84. The number of piperazine rings is 1. The topological polar surface area (TPSA) is 48.6 Å². The Bertz CT molecular complexity index is 664.